The summed E-state index contributed by atoms with van der Waals surface area (Å²) in [7, 11) is 0. The maximum atomic E-state index is 11.7. The summed E-state index contributed by atoms with van der Waals surface area (Å²) in [5.41, 5.74) is 1.38. The van der Waals surface area contributed by atoms with Gasteiger partial charge in [-0.2, -0.15) is 0 Å². The van der Waals surface area contributed by atoms with Crippen molar-refractivity contribution in [2.45, 2.75) is 31.9 Å². The summed E-state index contributed by atoms with van der Waals surface area (Å²) in [5.74, 6) is 0.364. The Morgan fingerprint density at radius 2 is 1.92 bits per heavy atom. The van der Waals surface area contributed by atoms with E-state index < -0.39 is 0 Å². The summed E-state index contributed by atoms with van der Waals surface area (Å²) in [6.07, 6.45) is 3.49. The molecule has 0 atom stereocenters. The Balaban J connectivity index is 0.00000225. The van der Waals surface area contributed by atoms with Gasteiger partial charge in [0.05, 0.1) is 12.0 Å². The third-order valence-corrected chi connectivity index (χ3v) is 4.91. The van der Waals surface area contributed by atoms with Crippen LogP contribution in [0.2, 0.25) is 0 Å². The number of nitrogens with zero attached hydrogens (tertiary/aromatic N) is 1. The number of rotatable bonds is 8. The number of likely N-dealkylation sites (tertiary alicyclic amines) is 1. The van der Waals surface area contributed by atoms with Crippen molar-refractivity contribution >= 4 is 18.3 Å². The summed E-state index contributed by atoms with van der Waals surface area (Å²) in [6, 6.07) is 10.7. The predicted octanol–water partition coefficient (Wildman–Crippen LogP) is 1.82. The first kappa shape index (κ1) is 20.2. The van der Waals surface area contributed by atoms with E-state index in [0.717, 1.165) is 65.1 Å². The lowest BCUT2D eigenvalue weighted by atomic mass is 10.0. The number of carbonyl (C=O) groups excluding carboxylic acids is 1. The molecule has 1 aromatic carbocycles. The van der Waals surface area contributed by atoms with Crippen molar-refractivity contribution in [2.75, 3.05) is 39.3 Å². The van der Waals surface area contributed by atoms with E-state index in [-0.39, 0.29) is 24.2 Å². The number of amides is 1. The zero-order valence-corrected chi connectivity index (χ0v) is 15.6. The Labute approximate surface area is 156 Å². The zero-order chi connectivity index (χ0) is 16.6. The number of benzene rings is 1. The van der Waals surface area contributed by atoms with Gasteiger partial charge in [0.2, 0.25) is 5.91 Å². The van der Waals surface area contributed by atoms with Crippen LogP contribution in [0.15, 0.2) is 30.3 Å². The molecule has 2 heterocycles. The Kier molecular flexibility index (Phi) is 8.68. The fourth-order valence-corrected chi connectivity index (χ4v) is 3.23. The van der Waals surface area contributed by atoms with Gasteiger partial charge in [-0.15, -0.1) is 12.4 Å². The second kappa shape index (κ2) is 10.8. The second-order valence-electron chi connectivity index (χ2n) is 6.83. The number of carbonyl (C=O) groups is 1. The molecule has 0 saturated carbocycles. The molecule has 0 bridgehead atoms. The minimum Gasteiger partial charge on any atom is -0.378 e. The molecule has 1 amide bonds. The van der Waals surface area contributed by atoms with Crippen molar-refractivity contribution < 1.29 is 9.53 Å². The average Bonchev–Trinajstić information content (AvgIpc) is 2.55. The highest BCUT2D eigenvalue weighted by atomic mass is 35.5. The average molecular weight is 368 g/mol. The van der Waals surface area contributed by atoms with Gasteiger partial charge in [-0.3, -0.25) is 9.69 Å². The fraction of sp³-hybridized carbons (Fsp3) is 0.632. The molecule has 2 N–H and O–H groups in total. The molecule has 0 aliphatic carbocycles. The molecule has 140 valence electrons. The first-order valence-corrected chi connectivity index (χ1v) is 9.17. The van der Waals surface area contributed by atoms with Crippen LogP contribution in [-0.2, 0) is 16.1 Å². The minimum absolute atomic E-state index is 0. The van der Waals surface area contributed by atoms with Crippen LogP contribution in [-0.4, -0.2) is 56.2 Å². The highest BCUT2D eigenvalue weighted by Crippen LogP contribution is 2.16. The van der Waals surface area contributed by atoms with Crippen LogP contribution in [0.3, 0.4) is 0 Å². The molecule has 2 saturated heterocycles. The van der Waals surface area contributed by atoms with Crippen molar-refractivity contribution in [2.24, 2.45) is 5.92 Å². The van der Waals surface area contributed by atoms with Gasteiger partial charge in [0.15, 0.2) is 0 Å². The van der Waals surface area contributed by atoms with E-state index in [1.54, 1.807) is 0 Å². The van der Waals surface area contributed by atoms with E-state index in [9.17, 15) is 4.79 Å². The molecule has 5 nitrogen and oxygen atoms in total. The smallest absolute Gasteiger partial charge is 0.225 e. The molecule has 3 rings (SSSR count). The Morgan fingerprint density at radius 3 is 2.56 bits per heavy atom. The van der Waals surface area contributed by atoms with E-state index >= 15 is 0 Å². The Morgan fingerprint density at radius 1 is 1.20 bits per heavy atom. The number of ether oxygens (including phenoxy) is 1. The monoisotopic (exact) mass is 367 g/mol. The molecule has 2 aliphatic heterocycles. The molecule has 0 unspecified atom stereocenters. The Bertz CT molecular complexity index is 503. The Hall–Kier alpha value is -1.14. The van der Waals surface area contributed by atoms with Gasteiger partial charge in [-0.25, -0.2) is 0 Å². The molecule has 0 spiro atoms. The third kappa shape index (κ3) is 6.59. The summed E-state index contributed by atoms with van der Waals surface area (Å²) in [6.45, 7) is 6.36. The van der Waals surface area contributed by atoms with E-state index in [1.165, 1.54) is 5.56 Å². The second-order valence-corrected chi connectivity index (χ2v) is 6.83. The number of halogens is 1. The molecular formula is C19H30ClN3O2. The number of piperidine rings is 1. The summed E-state index contributed by atoms with van der Waals surface area (Å²) >= 11 is 0. The van der Waals surface area contributed by atoms with E-state index in [2.05, 4.69) is 45.9 Å². The molecule has 0 aromatic heterocycles. The molecular weight excluding hydrogens is 338 g/mol. The van der Waals surface area contributed by atoms with E-state index in [1.807, 2.05) is 0 Å². The standard InChI is InChI=1S/C19H29N3O2.ClH/c23-19(17-13-20-14-17)21-9-4-12-24-18-7-10-22(11-8-18)15-16-5-2-1-3-6-16;/h1-3,5-6,17-18,20H,4,7-15H2,(H,21,23);1H. The third-order valence-electron chi connectivity index (χ3n) is 4.91. The van der Waals surface area contributed by atoms with Gasteiger partial charge >= 0.3 is 0 Å². The molecule has 1 aromatic rings. The quantitative estimate of drug-likeness (QED) is 0.688. The van der Waals surface area contributed by atoms with Crippen LogP contribution in [0.5, 0.6) is 0 Å². The highest BCUT2D eigenvalue weighted by Gasteiger charge is 2.24. The van der Waals surface area contributed by atoms with Gasteiger partial charge in [0.25, 0.3) is 0 Å². The van der Waals surface area contributed by atoms with Crippen molar-refractivity contribution in [3.63, 3.8) is 0 Å². The van der Waals surface area contributed by atoms with Crippen LogP contribution in [0.4, 0.5) is 0 Å². The normalized spacial score (nSPS) is 19.0. The van der Waals surface area contributed by atoms with Crippen LogP contribution >= 0.6 is 12.4 Å². The zero-order valence-electron chi connectivity index (χ0n) is 14.8. The molecule has 25 heavy (non-hydrogen) atoms. The molecule has 6 heteroatoms. The van der Waals surface area contributed by atoms with Crippen molar-refractivity contribution in [3.8, 4) is 0 Å². The number of nitrogens with one attached hydrogen (secondary N) is 2. The van der Waals surface area contributed by atoms with Crippen molar-refractivity contribution in [3.05, 3.63) is 35.9 Å². The fourth-order valence-electron chi connectivity index (χ4n) is 3.23. The lowest BCUT2D eigenvalue weighted by Gasteiger charge is -2.32. The summed E-state index contributed by atoms with van der Waals surface area (Å²) < 4.78 is 5.97. The van der Waals surface area contributed by atoms with Crippen LogP contribution in [0.1, 0.15) is 24.8 Å². The number of hydrogen-bond acceptors (Lipinski definition) is 4. The lowest BCUT2D eigenvalue weighted by molar-refractivity contribution is -0.126. The van der Waals surface area contributed by atoms with Crippen LogP contribution in [0.25, 0.3) is 0 Å². The van der Waals surface area contributed by atoms with Gasteiger partial charge in [0.1, 0.15) is 0 Å². The largest absolute Gasteiger partial charge is 0.378 e. The van der Waals surface area contributed by atoms with Gasteiger partial charge in [-0.05, 0) is 24.8 Å². The van der Waals surface area contributed by atoms with Gasteiger partial charge in [-0.1, -0.05) is 30.3 Å². The predicted molar refractivity (Wildman–Crippen MR) is 102 cm³/mol. The number of hydrogen-bond donors (Lipinski definition) is 2. The van der Waals surface area contributed by atoms with Gasteiger partial charge in [0, 0.05) is 45.9 Å². The SMILES string of the molecule is Cl.O=C(NCCCOC1CCN(Cc2ccccc2)CC1)C1CNC1. The van der Waals surface area contributed by atoms with Gasteiger partial charge < -0.3 is 15.4 Å². The van der Waals surface area contributed by atoms with E-state index in [0.29, 0.717) is 6.10 Å². The first-order valence-electron chi connectivity index (χ1n) is 9.17. The topological polar surface area (TPSA) is 53.6 Å². The summed E-state index contributed by atoms with van der Waals surface area (Å²) in [5, 5.41) is 6.11. The van der Waals surface area contributed by atoms with Crippen molar-refractivity contribution in [1.29, 1.82) is 0 Å². The minimum atomic E-state index is 0. The lowest BCUT2D eigenvalue weighted by Crippen LogP contribution is -2.50. The maximum absolute atomic E-state index is 11.7. The molecule has 2 fully saturated rings. The highest BCUT2D eigenvalue weighted by molar-refractivity contribution is 5.85. The molecule has 0 radical (unpaired) electrons. The van der Waals surface area contributed by atoms with Crippen LogP contribution < -0.4 is 10.6 Å². The summed E-state index contributed by atoms with van der Waals surface area (Å²) in [4.78, 5) is 14.2. The van der Waals surface area contributed by atoms with E-state index in [4.69, 9.17) is 4.74 Å². The molecule has 2 aliphatic rings. The maximum Gasteiger partial charge on any atom is 0.225 e. The van der Waals surface area contributed by atoms with Crippen molar-refractivity contribution in [1.82, 2.24) is 15.5 Å². The first-order chi connectivity index (χ1) is 11.8. The van der Waals surface area contributed by atoms with Crippen LogP contribution in [0, 0.1) is 5.92 Å².